The van der Waals surface area contributed by atoms with Gasteiger partial charge < -0.3 is 14.2 Å². The summed E-state index contributed by atoms with van der Waals surface area (Å²) in [5.41, 5.74) is 2.57. The van der Waals surface area contributed by atoms with E-state index in [1.165, 1.54) is 10.7 Å². The summed E-state index contributed by atoms with van der Waals surface area (Å²) >= 11 is 12.7. The van der Waals surface area contributed by atoms with Gasteiger partial charge in [0.2, 0.25) is 5.88 Å². The highest BCUT2D eigenvalue weighted by Gasteiger charge is 2.21. The maximum absolute atomic E-state index is 11.9. The minimum atomic E-state index is 0.258. The molecule has 1 aromatic heterocycles. The van der Waals surface area contributed by atoms with Gasteiger partial charge in [0.05, 0.1) is 17.2 Å². The molecule has 0 unspecified atom stereocenters. The number of aryl methyl sites for hydroxylation is 1. The zero-order valence-electron chi connectivity index (χ0n) is 17.9. The van der Waals surface area contributed by atoms with E-state index >= 15 is 0 Å². The van der Waals surface area contributed by atoms with Crippen LogP contribution in [0.4, 0.5) is 0 Å². The molecule has 4 aromatic rings. The summed E-state index contributed by atoms with van der Waals surface area (Å²) in [5, 5.41) is 5.07. The number of aldehydes is 1. The van der Waals surface area contributed by atoms with E-state index in [4.69, 9.17) is 37.4 Å². The number of halogens is 2. The Bertz CT molecular complexity index is 1270. The Morgan fingerprint density at radius 3 is 2.33 bits per heavy atom. The third-order valence-corrected chi connectivity index (χ3v) is 5.53. The summed E-state index contributed by atoms with van der Waals surface area (Å²) in [4.78, 5) is 11.9. The molecule has 0 aliphatic carbocycles. The maximum atomic E-state index is 11.9. The predicted octanol–water partition coefficient (Wildman–Crippen LogP) is 6.59. The van der Waals surface area contributed by atoms with E-state index in [1.54, 1.807) is 20.2 Å². The molecule has 0 aliphatic heterocycles. The summed E-state index contributed by atoms with van der Waals surface area (Å²) in [6.45, 7) is 0.286. The first kappa shape index (κ1) is 22.7. The molecule has 168 valence electrons. The van der Waals surface area contributed by atoms with Gasteiger partial charge in [0, 0.05) is 18.7 Å². The molecule has 0 aliphatic rings. The van der Waals surface area contributed by atoms with Gasteiger partial charge in [-0.25, -0.2) is 4.68 Å². The van der Waals surface area contributed by atoms with Crippen molar-refractivity contribution in [2.45, 2.75) is 6.61 Å². The van der Waals surface area contributed by atoms with Crippen LogP contribution >= 0.6 is 23.2 Å². The van der Waals surface area contributed by atoms with Crippen LogP contribution in [0.25, 0.3) is 11.3 Å². The summed E-state index contributed by atoms with van der Waals surface area (Å²) < 4.78 is 18.6. The van der Waals surface area contributed by atoms with Gasteiger partial charge in [-0.15, -0.1) is 0 Å². The Morgan fingerprint density at radius 2 is 1.67 bits per heavy atom. The summed E-state index contributed by atoms with van der Waals surface area (Å²) in [7, 11) is 3.31. The number of nitrogens with zero attached hydrogens (tertiary/aromatic N) is 2. The van der Waals surface area contributed by atoms with E-state index in [2.05, 4.69) is 5.10 Å². The number of hydrogen-bond donors (Lipinski definition) is 0. The van der Waals surface area contributed by atoms with E-state index < -0.39 is 0 Å². The number of carbonyl (C=O) groups excluding carboxylic acids is 1. The molecular weight excluding hydrogens is 463 g/mol. The number of ether oxygens (including phenoxy) is 3. The van der Waals surface area contributed by atoms with Gasteiger partial charge in [0.1, 0.15) is 29.4 Å². The smallest absolute Gasteiger partial charge is 0.228 e. The molecule has 0 atom stereocenters. The molecule has 0 radical (unpaired) electrons. The molecule has 4 rings (SSSR count). The highest BCUT2D eigenvalue weighted by molar-refractivity contribution is 6.36. The highest BCUT2D eigenvalue weighted by atomic mass is 35.5. The van der Waals surface area contributed by atoms with Crippen LogP contribution in [0.3, 0.4) is 0 Å². The summed E-state index contributed by atoms with van der Waals surface area (Å²) in [6, 6.07) is 20.0. The zero-order chi connectivity index (χ0) is 23.4. The molecule has 0 saturated heterocycles. The van der Waals surface area contributed by atoms with E-state index in [0.29, 0.717) is 22.0 Å². The Hall–Kier alpha value is -3.48. The molecule has 0 spiro atoms. The van der Waals surface area contributed by atoms with Gasteiger partial charge in [0.25, 0.3) is 0 Å². The lowest BCUT2D eigenvalue weighted by molar-refractivity contribution is 0.112. The molecule has 33 heavy (non-hydrogen) atoms. The Morgan fingerprint density at radius 1 is 0.970 bits per heavy atom. The fourth-order valence-electron chi connectivity index (χ4n) is 3.25. The van der Waals surface area contributed by atoms with E-state index in [1.807, 2.05) is 54.6 Å². The Balaban J connectivity index is 1.61. The van der Waals surface area contributed by atoms with Crippen molar-refractivity contribution in [3.63, 3.8) is 0 Å². The molecule has 0 fully saturated rings. The van der Waals surface area contributed by atoms with Gasteiger partial charge in [0.15, 0.2) is 12.0 Å². The fraction of sp³-hybridized carbons (Fsp3) is 0.120. The molecular formula is C25H20Cl2N2O4. The minimum Gasteiger partial charge on any atom is -0.497 e. The van der Waals surface area contributed by atoms with Crippen molar-refractivity contribution < 1.29 is 19.0 Å². The molecule has 8 heteroatoms. The summed E-state index contributed by atoms with van der Waals surface area (Å²) in [6.07, 6.45) is 0.718. The number of carbonyl (C=O) groups is 1. The third-order valence-electron chi connectivity index (χ3n) is 4.94. The molecule has 3 aromatic carbocycles. The fourth-order valence-corrected chi connectivity index (χ4v) is 3.72. The van der Waals surface area contributed by atoms with E-state index in [9.17, 15) is 4.79 Å². The van der Waals surface area contributed by atoms with E-state index in [0.717, 1.165) is 23.2 Å². The second-order valence-electron chi connectivity index (χ2n) is 7.13. The van der Waals surface area contributed by atoms with Crippen molar-refractivity contribution in [2.75, 3.05) is 7.11 Å². The lowest BCUT2D eigenvalue weighted by Crippen LogP contribution is -1.99. The normalized spacial score (nSPS) is 10.7. The maximum Gasteiger partial charge on any atom is 0.228 e. The first-order valence-corrected chi connectivity index (χ1v) is 10.8. The van der Waals surface area contributed by atoms with Crippen LogP contribution < -0.4 is 14.2 Å². The third kappa shape index (κ3) is 4.97. The van der Waals surface area contributed by atoms with Crippen LogP contribution in [-0.2, 0) is 13.7 Å². The molecule has 0 N–H and O–H groups in total. The van der Waals surface area contributed by atoms with Crippen LogP contribution in [-0.4, -0.2) is 23.2 Å². The van der Waals surface area contributed by atoms with Gasteiger partial charge in [-0.3, -0.25) is 4.79 Å². The molecule has 0 saturated carbocycles. The van der Waals surface area contributed by atoms with Gasteiger partial charge >= 0.3 is 0 Å². The monoisotopic (exact) mass is 482 g/mol. The largest absolute Gasteiger partial charge is 0.497 e. The second-order valence-corrected chi connectivity index (χ2v) is 7.94. The van der Waals surface area contributed by atoms with Gasteiger partial charge in [-0.1, -0.05) is 65.7 Å². The van der Waals surface area contributed by atoms with Gasteiger partial charge in [-0.05, 0) is 23.8 Å². The Kier molecular flexibility index (Phi) is 6.87. The van der Waals surface area contributed by atoms with Crippen LogP contribution in [0.15, 0.2) is 66.7 Å². The van der Waals surface area contributed by atoms with Gasteiger partial charge in [-0.2, -0.15) is 5.10 Å². The predicted molar refractivity (Wildman–Crippen MR) is 128 cm³/mol. The highest BCUT2D eigenvalue weighted by Crippen LogP contribution is 2.40. The van der Waals surface area contributed by atoms with Crippen LogP contribution in [0.5, 0.6) is 23.1 Å². The topological polar surface area (TPSA) is 62.6 Å². The minimum absolute atomic E-state index is 0.258. The number of methoxy groups -OCH3 is 1. The summed E-state index contributed by atoms with van der Waals surface area (Å²) in [5.74, 6) is 1.70. The average molecular weight is 483 g/mol. The first-order valence-electron chi connectivity index (χ1n) is 10.0. The SMILES string of the molecule is COc1ccc(COc2cc(Oc3c(C=O)c(-c4ccccc4)nn3C)c(Cl)cc2Cl)cc1. The number of aromatic nitrogens is 2. The van der Waals surface area contributed by atoms with Crippen LogP contribution in [0, 0.1) is 0 Å². The average Bonchev–Trinajstić information content (AvgIpc) is 3.16. The van der Waals surface area contributed by atoms with Crippen molar-refractivity contribution in [3.8, 4) is 34.4 Å². The van der Waals surface area contributed by atoms with Crippen molar-refractivity contribution in [3.05, 3.63) is 87.9 Å². The second kappa shape index (κ2) is 9.98. The molecule has 1 heterocycles. The number of rotatable bonds is 8. The van der Waals surface area contributed by atoms with Crippen molar-refractivity contribution in [2.24, 2.45) is 7.05 Å². The van der Waals surface area contributed by atoms with Crippen LogP contribution in [0.1, 0.15) is 15.9 Å². The lowest BCUT2D eigenvalue weighted by Gasteiger charge is -2.13. The van der Waals surface area contributed by atoms with Crippen molar-refractivity contribution in [1.82, 2.24) is 9.78 Å². The van der Waals surface area contributed by atoms with Crippen LogP contribution in [0.2, 0.25) is 10.0 Å². The van der Waals surface area contributed by atoms with Crippen molar-refractivity contribution >= 4 is 29.5 Å². The molecule has 6 nitrogen and oxygen atoms in total. The Labute approximate surface area is 201 Å². The number of benzene rings is 3. The van der Waals surface area contributed by atoms with Crippen molar-refractivity contribution in [1.29, 1.82) is 0 Å². The zero-order valence-corrected chi connectivity index (χ0v) is 19.4. The van der Waals surface area contributed by atoms with E-state index in [-0.39, 0.29) is 23.3 Å². The lowest BCUT2D eigenvalue weighted by atomic mass is 10.1. The quantitative estimate of drug-likeness (QED) is 0.265. The molecule has 0 bridgehead atoms. The first-order chi connectivity index (χ1) is 16.0. The molecule has 0 amide bonds. The standard InChI is InChI=1S/C25H20Cl2N2O4/c1-29-25(19(14-30)24(28-29)17-6-4-3-5-7-17)33-23-13-22(20(26)12-21(23)27)32-15-16-8-10-18(31-2)11-9-16/h3-14H,15H2,1-2H3. The number of hydrogen-bond acceptors (Lipinski definition) is 5.